The third-order valence-corrected chi connectivity index (χ3v) is 3.80. The largest absolute Gasteiger partial charge is 0.508 e. The van der Waals surface area contributed by atoms with E-state index in [1.807, 2.05) is 6.07 Å². The summed E-state index contributed by atoms with van der Waals surface area (Å²) in [5, 5.41) is 10.5. The van der Waals surface area contributed by atoms with Crippen molar-refractivity contribution in [2.24, 2.45) is 0 Å². The molecule has 0 saturated carbocycles. The summed E-state index contributed by atoms with van der Waals surface area (Å²) in [6.45, 7) is 17.8. The Kier molecular flexibility index (Phi) is 5.35. The van der Waals surface area contributed by atoms with Crippen LogP contribution in [0.2, 0.25) is 0 Å². The highest BCUT2D eigenvalue weighted by molar-refractivity contribution is 5.57. The lowest BCUT2D eigenvalue weighted by Gasteiger charge is -2.30. The number of phenolic OH excluding ortho intramolecular Hbond substituents is 1. The van der Waals surface area contributed by atoms with Gasteiger partial charge in [0.05, 0.1) is 6.61 Å². The molecule has 0 aliphatic carbocycles. The van der Waals surface area contributed by atoms with Gasteiger partial charge in [-0.05, 0) is 35.8 Å². The van der Waals surface area contributed by atoms with E-state index in [1.54, 1.807) is 0 Å². The van der Waals surface area contributed by atoms with Gasteiger partial charge in [0.2, 0.25) is 0 Å². The van der Waals surface area contributed by atoms with Crippen molar-refractivity contribution in [3.8, 4) is 11.5 Å². The van der Waals surface area contributed by atoms with Crippen molar-refractivity contribution >= 4 is 0 Å². The van der Waals surface area contributed by atoms with E-state index in [9.17, 15) is 5.11 Å². The molecule has 1 aromatic carbocycles. The number of benzene rings is 1. The van der Waals surface area contributed by atoms with Gasteiger partial charge in [-0.1, -0.05) is 54.9 Å². The van der Waals surface area contributed by atoms with E-state index in [-0.39, 0.29) is 10.8 Å². The van der Waals surface area contributed by atoms with Gasteiger partial charge in [-0.3, -0.25) is 0 Å². The first-order chi connectivity index (χ1) is 9.50. The van der Waals surface area contributed by atoms with Gasteiger partial charge >= 0.3 is 0 Å². The predicted molar refractivity (Wildman–Crippen MR) is 90.6 cm³/mol. The smallest absolute Gasteiger partial charge is 0.126 e. The molecule has 2 nitrogen and oxygen atoms in total. The fraction of sp³-hybridized carbons (Fsp3) is 0.684. The summed E-state index contributed by atoms with van der Waals surface area (Å²) in [7, 11) is 0. The molecule has 0 heterocycles. The second kappa shape index (κ2) is 6.29. The zero-order valence-electron chi connectivity index (χ0n) is 15.1. The molecule has 0 radical (unpaired) electrons. The van der Waals surface area contributed by atoms with Crippen LogP contribution in [0.25, 0.3) is 0 Å². The van der Waals surface area contributed by atoms with Crippen LogP contribution in [-0.4, -0.2) is 11.7 Å². The van der Waals surface area contributed by atoms with Crippen molar-refractivity contribution in [1.82, 2.24) is 0 Å². The minimum Gasteiger partial charge on any atom is -0.508 e. The van der Waals surface area contributed by atoms with E-state index in [4.69, 9.17) is 4.74 Å². The minimum atomic E-state index is -0.104. The molecule has 21 heavy (non-hydrogen) atoms. The lowest BCUT2D eigenvalue weighted by atomic mass is 9.78. The molecule has 0 spiro atoms. The molecule has 0 bridgehead atoms. The van der Waals surface area contributed by atoms with Crippen molar-refractivity contribution < 1.29 is 9.84 Å². The van der Waals surface area contributed by atoms with Gasteiger partial charge in [0.25, 0.3) is 0 Å². The Bertz CT molecular complexity index is 488. The number of hydrogen-bond donors (Lipinski definition) is 1. The molecule has 0 aliphatic heterocycles. The summed E-state index contributed by atoms with van der Waals surface area (Å²) in [5.41, 5.74) is 2.99. The normalized spacial score (nSPS) is 12.6. The van der Waals surface area contributed by atoms with Crippen LogP contribution in [0.1, 0.15) is 78.0 Å². The third-order valence-electron chi connectivity index (χ3n) is 3.80. The maximum atomic E-state index is 10.5. The Hall–Kier alpha value is -1.18. The van der Waals surface area contributed by atoms with Crippen molar-refractivity contribution in [3.05, 3.63) is 22.8 Å². The first-order valence-corrected chi connectivity index (χ1v) is 8.00. The number of hydrogen-bond acceptors (Lipinski definition) is 2. The molecule has 1 aromatic rings. The van der Waals surface area contributed by atoms with E-state index in [0.29, 0.717) is 5.75 Å². The van der Waals surface area contributed by atoms with Gasteiger partial charge in [-0.15, -0.1) is 0 Å². The highest BCUT2D eigenvalue weighted by Gasteiger charge is 2.29. The molecule has 0 saturated heterocycles. The van der Waals surface area contributed by atoms with Crippen LogP contribution in [0.4, 0.5) is 0 Å². The van der Waals surface area contributed by atoms with Crippen LogP contribution in [0, 0.1) is 6.92 Å². The van der Waals surface area contributed by atoms with Crippen LogP contribution in [-0.2, 0) is 10.8 Å². The second-order valence-electron chi connectivity index (χ2n) is 7.97. The summed E-state index contributed by atoms with van der Waals surface area (Å²) >= 11 is 0. The maximum absolute atomic E-state index is 10.5. The average molecular weight is 292 g/mol. The molecule has 2 heteroatoms. The molecular formula is C19H32O2. The van der Waals surface area contributed by atoms with Gasteiger partial charge in [0.1, 0.15) is 11.5 Å². The molecule has 1 rings (SSSR count). The zero-order valence-corrected chi connectivity index (χ0v) is 15.1. The fourth-order valence-corrected chi connectivity index (χ4v) is 2.79. The van der Waals surface area contributed by atoms with E-state index >= 15 is 0 Å². The molecule has 0 aliphatic rings. The molecule has 0 amide bonds. The van der Waals surface area contributed by atoms with Crippen LogP contribution in [0.5, 0.6) is 11.5 Å². The lowest BCUT2D eigenvalue weighted by Crippen LogP contribution is -2.19. The molecule has 0 unspecified atom stereocenters. The average Bonchev–Trinajstić information content (AvgIpc) is 2.28. The predicted octanol–water partition coefficient (Wildman–Crippen LogP) is 5.47. The summed E-state index contributed by atoms with van der Waals surface area (Å²) in [6.07, 6.45) is 2.17. The Morgan fingerprint density at radius 1 is 1.05 bits per heavy atom. The molecule has 1 N–H and O–H groups in total. The summed E-state index contributed by atoms with van der Waals surface area (Å²) in [4.78, 5) is 0. The van der Waals surface area contributed by atoms with E-state index in [2.05, 4.69) is 55.4 Å². The van der Waals surface area contributed by atoms with E-state index in [1.165, 1.54) is 0 Å². The minimum absolute atomic E-state index is 0.0554. The molecule has 0 aromatic heterocycles. The summed E-state index contributed by atoms with van der Waals surface area (Å²) < 4.78 is 6.11. The quantitative estimate of drug-likeness (QED) is 0.745. The Morgan fingerprint density at radius 3 is 2.05 bits per heavy atom. The van der Waals surface area contributed by atoms with Crippen LogP contribution in [0.3, 0.4) is 0 Å². The van der Waals surface area contributed by atoms with Gasteiger partial charge in [0.15, 0.2) is 0 Å². The van der Waals surface area contributed by atoms with E-state index in [0.717, 1.165) is 41.9 Å². The number of unbranched alkanes of at least 4 members (excludes halogenated alkanes) is 1. The number of rotatable bonds is 4. The zero-order chi connectivity index (χ0) is 16.4. The molecular weight excluding hydrogens is 260 g/mol. The lowest BCUT2D eigenvalue weighted by molar-refractivity contribution is 0.296. The maximum Gasteiger partial charge on any atom is 0.126 e. The monoisotopic (exact) mass is 292 g/mol. The van der Waals surface area contributed by atoms with Crippen molar-refractivity contribution in [2.45, 2.75) is 79.1 Å². The Morgan fingerprint density at radius 2 is 1.62 bits per heavy atom. The van der Waals surface area contributed by atoms with Crippen LogP contribution >= 0.6 is 0 Å². The fourth-order valence-electron chi connectivity index (χ4n) is 2.79. The standard InChI is InChI=1S/C19H32O2/c1-9-10-11-21-17-13(2)16(19(6,7)8)15(20)12-14(17)18(3,4)5/h12,20H,9-11H2,1-8H3. The number of ether oxygens (including phenoxy) is 1. The second-order valence-corrected chi connectivity index (χ2v) is 7.97. The van der Waals surface area contributed by atoms with Gasteiger partial charge in [0, 0.05) is 11.1 Å². The van der Waals surface area contributed by atoms with Crippen LogP contribution < -0.4 is 4.74 Å². The first kappa shape index (κ1) is 17.9. The van der Waals surface area contributed by atoms with Crippen molar-refractivity contribution in [3.63, 3.8) is 0 Å². The van der Waals surface area contributed by atoms with Gasteiger partial charge in [-0.25, -0.2) is 0 Å². The summed E-state index contributed by atoms with van der Waals surface area (Å²) in [5.74, 6) is 1.34. The number of aromatic hydroxyl groups is 1. The highest BCUT2D eigenvalue weighted by atomic mass is 16.5. The first-order valence-electron chi connectivity index (χ1n) is 8.00. The van der Waals surface area contributed by atoms with Crippen LogP contribution in [0.15, 0.2) is 6.07 Å². The highest BCUT2D eigenvalue weighted by Crippen LogP contribution is 2.44. The van der Waals surface area contributed by atoms with Crippen molar-refractivity contribution in [1.29, 1.82) is 0 Å². The van der Waals surface area contributed by atoms with E-state index < -0.39 is 0 Å². The van der Waals surface area contributed by atoms with Gasteiger partial charge in [-0.2, -0.15) is 0 Å². The SMILES string of the molecule is CCCCOc1c(C(C)(C)C)cc(O)c(C(C)(C)C)c1C. The van der Waals surface area contributed by atoms with Gasteiger partial charge < -0.3 is 9.84 Å². The molecule has 0 fully saturated rings. The Labute approximate surface area is 130 Å². The van der Waals surface area contributed by atoms with Crippen molar-refractivity contribution in [2.75, 3.05) is 6.61 Å². The molecule has 120 valence electrons. The number of phenols is 1. The Balaban J connectivity index is 3.47. The summed E-state index contributed by atoms with van der Waals surface area (Å²) in [6, 6.07) is 1.90. The molecule has 0 atom stereocenters. The third kappa shape index (κ3) is 4.15. The topological polar surface area (TPSA) is 29.5 Å².